The van der Waals surface area contributed by atoms with Gasteiger partial charge in [-0.15, -0.1) is 0 Å². The second-order valence-corrected chi connectivity index (χ2v) is 6.00. The van der Waals surface area contributed by atoms with E-state index in [-0.39, 0.29) is 30.6 Å². The maximum atomic E-state index is 11.9. The van der Waals surface area contributed by atoms with Crippen molar-refractivity contribution < 1.29 is 21.6 Å². The van der Waals surface area contributed by atoms with E-state index in [0.717, 1.165) is 0 Å². The van der Waals surface area contributed by atoms with Crippen molar-refractivity contribution >= 4 is 15.8 Å². The van der Waals surface area contributed by atoms with E-state index in [1.807, 2.05) is 0 Å². The van der Waals surface area contributed by atoms with Gasteiger partial charge in [-0.2, -0.15) is 13.2 Å². The molecule has 0 fully saturated rings. The minimum absolute atomic E-state index is 0.0365. The number of guanidine groups is 1. The van der Waals surface area contributed by atoms with Crippen molar-refractivity contribution in [2.24, 2.45) is 4.99 Å². The van der Waals surface area contributed by atoms with Crippen LogP contribution in [0.4, 0.5) is 13.2 Å². The summed E-state index contributed by atoms with van der Waals surface area (Å²) in [4.78, 5) is 3.69. The van der Waals surface area contributed by atoms with Gasteiger partial charge in [-0.25, -0.2) is 8.42 Å². The van der Waals surface area contributed by atoms with E-state index in [2.05, 4.69) is 15.6 Å². The molecular weight excluding hydrogens is 271 g/mol. The zero-order valence-electron chi connectivity index (χ0n) is 10.3. The highest BCUT2D eigenvalue weighted by atomic mass is 32.2. The minimum Gasteiger partial charge on any atom is -0.356 e. The number of halogens is 3. The molecule has 0 rings (SSSR count). The first-order chi connectivity index (χ1) is 8.20. The highest BCUT2D eigenvalue weighted by molar-refractivity contribution is 7.91. The molecule has 0 aromatic rings. The third-order valence-electron chi connectivity index (χ3n) is 2.07. The molecule has 5 nitrogen and oxygen atoms in total. The molecule has 9 heteroatoms. The Kier molecular flexibility index (Phi) is 7.04. The van der Waals surface area contributed by atoms with Crippen LogP contribution in [-0.4, -0.2) is 52.2 Å². The van der Waals surface area contributed by atoms with Crippen LogP contribution in [0.15, 0.2) is 4.99 Å². The van der Waals surface area contributed by atoms with Crippen LogP contribution < -0.4 is 10.6 Å². The summed E-state index contributed by atoms with van der Waals surface area (Å²) < 4.78 is 58.0. The lowest BCUT2D eigenvalue weighted by Crippen LogP contribution is -2.40. The standard InChI is InChI=1S/C9H18F3N3O2S/c1-3-18(16,17)7-6-15-8(13-2)14-5-4-9(10,11)12/h3-7H2,1-2H3,(H2,13,14,15). The summed E-state index contributed by atoms with van der Waals surface area (Å²) in [5.41, 5.74) is 0. The van der Waals surface area contributed by atoms with Crippen LogP contribution in [0.5, 0.6) is 0 Å². The Morgan fingerprint density at radius 1 is 1.22 bits per heavy atom. The molecule has 0 amide bonds. The number of nitrogens with one attached hydrogen (secondary N) is 2. The monoisotopic (exact) mass is 289 g/mol. The van der Waals surface area contributed by atoms with E-state index >= 15 is 0 Å². The zero-order chi connectivity index (χ0) is 14.2. The van der Waals surface area contributed by atoms with E-state index in [1.165, 1.54) is 14.0 Å². The van der Waals surface area contributed by atoms with Crippen LogP contribution >= 0.6 is 0 Å². The smallest absolute Gasteiger partial charge is 0.356 e. The Hall–Kier alpha value is -0.990. The Morgan fingerprint density at radius 3 is 2.22 bits per heavy atom. The fraction of sp³-hybridized carbons (Fsp3) is 0.889. The predicted octanol–water partition coefficient (Wildman–Crippen LogP) is 0.538. The molecule has 0 aromatic heterocycles. The normalized spacial score (nSPS) is 13.5. The number of aliphatic imine (C=N–C) groups is 1. The van der Waals surface area contributed by atoms with Gasteiger partial charge >= 0.3 is 6.18 Å². The molecule has 0 unspecified atom stereocenters. The summed E-state index contributed by atoms with van der Waals surface area (Å²) in [5.74, 6) is 0.115. The highest BCUT2D eigenvalue weighted by Gasteiger charge is 2.26. The second-order valence-electron chi connectivity index (χ2n) is 3.53. The lowest BCUT2D eigenvalue weighted by molar-refractivity contribution is -0.132. The fourth-order valence-electron chi connectivity index (χ4n) is 1.01. The quantitative estimate of drug-likeness (QED) is 0.553. The molecule has 0 aliphatic rings. The first kappa shape index (κ1) is 17.0. The molecule has 2 N–H and O–H groups in total. The summed E-state index contributed by atoms with van der Waals surface area (Å²) in [6, 6.07) is 0. The average molecular weight is 289 g/mol. The van der Waals surface area contributed by atoms with Crippen molar-refractivity contribution in [3.8, 4) is 0 Å². The van der Waals surface area contributed by atoms with Crippen LogP contribution in [0, 0.1) is 0 Å². The van der Waals surface area contributed by atoms with Crippen molar-refractivity contribution in [3.63, 3.8) is 0 Å². The maximum absolute atomic E-state index is 11.9. The van der Waals surface area contributed by atoms with Crippen LogP contribution in [0.25, 0.3) is 0 Å². The lowest BCUT2D eigenvalue weighted by Gasteiger charge is -2.12. The molecule has 0 bridgehead atoms. The van der Waals surface area contributed by atoms with Crippen LogP contribution in [-0.2, 0) is 9.84 Å². The summed E-state index contributed by atoms with van der Waals surface area (Å²) in [6.07, 6.45) is -5.20. The van der Waals surface area contributed by atoms with Crippen LogP contribution in [0.3, 0.4) is 0 Å². The van der Waals surface area contributed by atoms with Crippen molar-refractivity contribution in [3.05, 3.63) is 0 Å². The number of nitrogens with zero attached hydrogens (tertiary/aromatic N) is 1. The third-order valence-corrected chi connectivity index (χ3v) is 3.78. The molecule has 0 heterocycles. The highest BCUT2D eigenvalue weighted by Crippen LogP contribution is 2.17. The molecule has 0 saturated carbocycles. The fourth-order valence-corrected chi connectivity index (χ4v) is 1.71. The van der Waals surface area contributed by atoms with Crippen molar-refractivity contribution in [1.29, 1.82) is 0 Å². The largest absolute Gasteiger partial charge is 0.390 e. The second kappa shape index (κ2) is 7.45. The molecule has 0 aliphatic carbocycles. The van der Waals surface area contributed by atoms with Crippen molar-refractivity contribution in [2.45, 2.75) is 19.5 Å². The Labute approximate surface area is 105 Å². The first-order valence-electron chi connectivity index (χ1n) is 5.42. The number of hydrogen-bond acceptors (Lipinski definition) is 3. The summed E-state index contributed by atoms with van der Waals surface area (Å²) >= 11 is 0. The topological polar surface area (TPSA) is 70.6 Å². The number of alkyl halides is 3. The Bertz CT molecular complexity index is 366. The zero-order valence-corrected chi connectivity index (χ0v) is 11.2. The Balaban J connectivity index is 3.94. The van der Waals surface area contributed by atoms with Gasteiger partial charge in [0.05, 0.1) is 12.2 Å². The van der Waals surface area contributed by atoms with E-state index in [4.69, 9.17) is 0 Å². The predicted molar refractivity (Wildman–Crippen MR) is 64.4 cm³/mol. The van der Waals surface area contributed by atoms with Gasteiger partial charge in [0.25, 0.3) is 0 Å². The number of sulfone groups is 1. The molecular formula is C9H18F3N3O2S. The molecule has 18 heavy (non-hydrogen) atoms. The summed E-state index contributed by atoms with van der Waals surface area (Å²) in [5, 5.41) is 5.09. The van der Waals surface area contributed by atoms with Gasteiger partial charge < -0.3 is 10.6 Å². The van der Waals surface area contributed by atoms with Crippen molar-refractivity contribution in [1.82, 2.24) is 10.6 Å². The van der Waals surface area contributed by atoms with Gasteiger partial charge in [0.1, 0.15) is 0 Å². The van der Waals surface area contributed by atoms with Gasteiger partial charge in [0, 0.05) is 25.9 Å². The first-order valence-corrected chi connectivity index (χ1v) is 7.24. The van der Waals surface area contributed by atoms with Crippen LogP contribution in [0.2, 0.25) is 0 Å². The molecule has 0 aromatic carbocycles. The van der Waals surface area contributed by atoms with Gasteiger partial charge in [0.15, 0.2) is 15.8 Å². The van der Waals surface area contributed by atoms with Gasteiger partial charge in [-0.1, -0.05) is 6.92 Å². The summed E-state index contributed by atoms with van der Waals surface area (Å²) in [6.45, 7) is 1.34. The molecule has 0 atom stereocenters. The molecule has 108 valence electrons. The van der Waals surface area contributed by atoms with Gasteiger partial charge in [-0.3, -0.25) is 4.99 Å². The molecule has 0 radical (unpaired) electrons. The number of rotatable bonds is 6. The Morgan fingerprint density at radius 2 is 1.78 bits per heavy atom. The van der Waals surface area contributed by atoms with Crippen molar-refractivity contribution in [2.75, 3.05) is 31.6 Å². The average Bonchev–Trinajstić information content (AvgIpc) is 2.25. The van der Waals surface area contributed by atoms with Crippen LogP contribution in [0.1, 0.15) is 13.3 Å². The van der Waals surface area contributed by atoms with E-state index in [1.54, 1.807) is 0 Å². The summed E-state index contributed by atoms with van der Waals surface area (Å²) in [7, 11) is -1.69. The van der Waals surface area contributed by atoms with E-state index < -0.39 is 22.4 Å². The molecule has 0 saturated heterocycles. The number of hydrogen-bond donors (Lipinski definition) is 2. The maximum Gasteiger partial charge on any atom is 0.390 e. The third kappa shape index (κ3) is 9.08. The molecule has 0 spiro atoms. The van der Waals surface area contributed by atoms with Gasteiger partial charge in [-0.05, 0) is 0 Å². The van der Waals surface area contributed by atoms with Gasteiger partial charge in [0.2, 0.25) is 0 Å². The lowest BCUT2D eigenvalue weighted by atomic mass is 10.4. The van der Waals surface area contributed by atoms with E-state index in [0.29, 0.717) is 0 Å². The van der Waals surface area contributed by atoms with E-state index in [9.17, 15) is 21.6 Å². The SMILES string of the molecule is CCS(=O)(=O)CCNC(=NC)NCCC(F)(F)F. The minimum atomic E-state index is -4.22. The molecule has 0 aliphatic heterocycles.